The SMILES string of the molecule is Cc1ccc(Cl)cc1NC(=O)C1(C(=O)NCCCN(C)C)CC1. The molecule has 0 atom stereocenters. The van der Waals surface area contributed by atoms with Gasteiger partial charge in [-0.05, 0) is 64.5 Å². The summed E-state index contributed by atoms with van der Waals surface area (Å²) in [6.45, 7) is 3.39. The van der Waals surface area contributed by atoms with Gasteiger partial charge in [0.15, 0.2) is 0 Å². The second-order valence-corrected chi connectivity index (χ2v) is 6.84. The molecule has 0 heterocycles. The second kappa shape index (κ2) is 7.32. The Bertz CT molecular complexity index is 598. The van der Waals surface area contributed by atoms with Gasteiger partial charge in [0.25, 0.3) is 0 Å². The van der Waals surface area contributed by atoms with Crippen LogP contribution in [0, 0.1) is 12.3 Å². The number of nitrogens with zero attached hydrogens (tertiary/aromatic N) is 1. The van der Waals surface area contributed by atoms with Gasteiger partial charge in [-0.2, -0.15) is 0 Å². The summed E-state index contributed by atoms with van der Waals surface area (Å²) in [5.41, 5.74) is 0.673. The number of hydrogen-bond acceptors (Lipinski definition) is 3. The topological polar surface area (TPSA) is 61.4 Å². The molecule has 6 heteroatoms. The molecule has 0 bridgehead atoms. The van der Waals surface area contributed by atoms with Crippen LogP contribution < -0.4 is 10.6 Å². The fourth-order valence-electron chi connectivity index (χ4n) is 2.42. The Labute approximate surface area is 142 Å². The van der Waals surface area contributed by atoms with E-state index in [-0.39, 0.29) is 11.8 Å². The van der Waals surface area contributed by atoms with E-state index < -0.39 is 5.41 Å². The van der Waals surface area contributed by atoms with Gasteiger partial charge in [0.05, 0.1) is 0 Å². The summed E-state index contributed by atoms with van der Waals surface area (Å²) in [6, 6.07) is 5.33. The molecule has 0 unspecified atom stereocenters. The maximum Gasteiger partial charge on any atom is 0.240 e. The molecule has 1 aliphatic rings. The van der Waals surface area contributed by atoms with Crippen LogP contribution in [0.2, 0.25) is 5.02 Å². The molecule has 126 valence electrons. The van der Waals surface area contributed by atoms with Crippen LogP contribution >= 0.6 is 11.6 Å². The van der Waals surface area contributed by atoms with E-state index in [1.807, 2.05) is 27.1 Å². The van der Waals surface area contributed by atoms with Gasteiger partial charge < -0.3 is 15.5 Å². The molecular weight excluding hydrogens is 314 g/mol. The molecule has 0 radical (unpaired) electrons. The van der Waals surface area contributed by atoms with Gasteiger partial charge in [0.2, 0.25) is 11.8 Å². The summed E-state index contributed by atoms with van der Waals surface area (Å²) in [7, 11) is 3.98. The van der Waals surface area contributed by atoms with Gasteiger partial charge in [-0.15, -0.1) is 0 Å². The summed E-state index contributed by atoms with van der Waals surface area (Å²) in [4.78, 5) is 26.9. The largest absolute Gasteiger partial charge is 0.355 e. The number of benzene rings is 1. The predicted molar refractivity (Wildman–Crippen MR) is 92.7 cm³/mol. The highest BCUT2D eigenvalue weighted by atomic mass is 35.5. The van der Waals surface area contributed by atoms with Crippen molar-refractivity contribution in [2.75, 3.05) is 32.5 Å². The number of carbonyl (C=O) groups excluding carboxylic acids is 2. The van der Waals surface area contributed by atoms with Gasteiger partial charge in [0.1, 0.15) is 5.41 Å². The van der Waals surface area contributed by atoms with Crippen molar-refractivity contribution in [1.82, 2.24) is 10.2 Å². The van der Waals surface area contributed by atoms with Crippen LogP contribution in [0.25, 0.3) is 0 Å². The monoisotopic (exact) mass is 337 g/mol. The lowest BCUT2D eigenvalue weighted by Gasteiger charge is -2.17. The van der Waals surface area contributed by atoms with Crippen LogP contribution in [-0.2, 0) is 9.59 Å². The average molecular weight is 338 g/mol. The quantitative estimate of drug-likeness (QED) is 0.593. The third-order valence-electron chi connectivity index (χ3n) is 4.13. The van der Waals surface area contributed by atoms with Gasteiger partial charge in [-0.3, -0.25) is 9.59 Å². The molecule has 0 saturated heterocycles. The maximum atomic E-state index is 12.5. The number of nitrogens with one attached hydrogen (secondary N) is 2. The highest BCUT2D eigenvalue weighted by molar-refractivity contribution is 6.31. The first-order valence-corrected chi connectivity index (χ1v) is 8.23. The van der Waals surface area contributed by atoms with E-state index in [9.17, 15) is 9.59 Å². The van der Waals surface area contributed by atoms with Gasteiger partial charge in [0, 0.05) is 17.3 Å². The van der Waals surface area contributed by atoms with E-state index in [0.717, 1.165) is 18.5 Å². The molecule has 0 aromatic heterocycles. The van der Waals surface area contributed by atoms with Crippen molar-refractivity contribution in [1.29, 1.82) is 0 Å². The standard InChI is InChI=1S/C17H24ClN3O2/c1-12-5-6-13(18)11-14(12)20-16(23)17(7-8-17)15(22)19-9-4-10-21(2)3/h5-6,11H,4,7-10H2,1-3H3,(H,19,22)(H,20,23). The number of carbonyl (C=O) groups is 2. The summed E-state index contributed by atoms with van der Waals surface area (Å²) in [5, 5.41) is 6.29. The van der Waals surface area contributed by atoms with Gasteiger partial charge in [-0.1, -0.05) is 17.7 Å². The van der Waals surface area contributed by atoms with E-state index >= 15 is 0 Å². The molecule has 0 spiro atoms. The molecule has 1 saturated carbocycles. The lowest BCUT2D eigenvalue weighted by atomic mass is 10.0. The molecule has 1 fully saturated rings. The predicted octanol–water partition coefficient (Wildman–Crippen LogP) is 2.44. The van der Waals surface area contributed by atoms with Crippen LogP contribution in [0.5, 0.6) is 0 Å². The summed E-state index contributed by atoms with van der Waals surface area (Å²) in [6.07, 6.45) is 2.06. The molecule has 0 aliphatic heterocycles. The van der Waals surface area contributed by atoms with E-state index in [1.54, 1.807) is 12.1 Å². The van der Waals surface area contributed by atoms with E-state index in [2.05, 4.69) is 15.5 Å². The molecule has 2 N–H and O–H groups in total. The fourth-order valence-corrected chi connectivity index (χ4v) is 2.59. The van der Waals surface area contributed by atoms with E-state index in [4.69, 9.17) is 11.6 Å². The van der Waals surface area contributed by atoms with Crippen molar-refractivity contribution in [2.45, 2.75) is 26.2 Å². The van der Waals surface area contributed by atoms with E-state index in [1.165, 1.54) is 0 Å². The van der Waals surface area contributed by atoms with Crippen molar-refractivity contribution in [2.24, 2.45) is 5.41 Å². The third kappa shape index (κ3) is 4.45. The Balaban J connectivity index is 1.93. The highest BCUT2D eigenvalue weighted by Crippen LogP contribution is 2.47. The third-order valence-corrected chi connectivity index (χ3v) is 4.37. The second-order valence-electron chi connectivity index (χ2n) is 6.41. The Morgan fingerprint density at radius 1 is 1.26 bits per heavy atom. The van der Waals surface area contributed by atoms with Crippen LogP contribution in [-0.4, -0.2) is 43.9 Å². The molecule has 1 aromatic carbocycles. The van der Waals surface area contributed by atoms with Gasteiger partial charge >= 0.3 is 0 Å². The Kier molecular flexibility index (Phi) is 5.65. The molecule has 2 rings (SSSR count). The highest BCUT2D eigenvalue weighted by Gasteiger charge is 2.56. The zero-order valence-corrected chi connectivity index (χ0v) is 14.7. The first kappa shape index (κ1) is 17.8. The zero-order chi connectivity index (χ0) is 17.0. The number of halogens is 1. The molecule has 5 nitrogen and oxygen atoms in total. The summed E-state index contributed by atoms with van der Waals surface area (Å²) < 4.78 is 0. The van der Waals surface area contributed by atoms with Crippen molar-refractivity contribution in [3.8, 4) is 0 Å². The molecule has 2 amide bonds. The number of amides is 2. The van der Waals surface area contributed by atoms with Crippen LogP contribution in [0.1, 0.15) is 24.8 Å². The number of anilines is 1. The number of aryl methyl sites for hydroxylation is 1. The first-order chi connectivity index (χ1) is 10.8. The number of rotatable bonds is 7. The molecule has 23 heavy (non-hydrogen) atoms. The van der Waals surface area contributed by atoms with Crippen molar-refractivity contribution in [3.05, 3.63) is 28.8 Å². The van der Waals surface area contributed by atoms with Crippen LogP contribution in [0.3, 0.4) is 0 Å². The Morgan fingerprint density at radius 2 is 1.96 bits per heavy atom. The van der Waals surface area contributed by atoms with Crippen LogP contribution in [0.15, 0.2) is 18.2 Å². The average Bonchev–Trinajstić information content (AvgIpc) is 3.28. The Hall–Kier alpha value is -1.59. The summed E-state index contributed by atoms with van der Waals surface area (Å²) in [5.74, 6) is -0.415. The normalized spacial score (nSPS) is 15.3. The van der Waals surface area contributed by atoms with Crippen LogP contribution in [0.4, 0.5) is 5.69 Å². The van der Waals surface area contributed by atoms with Crippen molar-refractivity contribution < 1.29 is 9.59 Å². The minimum absolute atomic E-state index is 0.173. The minimum atomic E-state index is -0.910. The molecular formula is C17H24ClN3O2. The number of hydrogen-bond donors (Lipinski definition) is 2. The van der Waals surface area contributed by atoms with Crippen molar-refractivity contribution in [3.63, 3.8) is 0 Å². The molecule has 1 aliphatic carbocycles. The Morgan fingerprint density at radius 3 is 2.57 bits per heavy atom. The molecule has 1 aromatic rings. The maximum absolute atomic E-state index is 12.5. The lowest BCUT2D eigenvalue weighted by molar-refractivity contribution is -0.134. The first-order valence-electron chi connectivity index (χ1n) is 7.86. The summed E-state index contributed by atoms with van der Waals surface area (Å²) >= 11 is 5.97. The minimum Gasteiger partial charge on any atom is -0.355 e. The van der Waals surface area contributed by atoms with Gasteiger partial charge in [-0.25, -0.2) is 0 Å². The fraction of sp³-hybridized carbons (Fsp3) is 0.529. The smallest absolute Gasteiger partial charge is 0.240 e. The van der Waals surface area contributed by atoms with E-state index in [0.29, 0.717) is 30.1 Å². The lowest BCUT2D eigenvalue weighted by Crippen LogP contribution is -2.40. The zero-order valence-electron chi connectivity index (χ0n) is 13.9. The van der Waals surface area contributed by atoms with Crippen molar-refractivity contribution >= 4 is 29.1 Å².